The van der Waals surface area contributed by atoms with Crippen molar-refractivity contribution in [1.82, 2.24) is 4.90 Å². The number of anilines is 1. The van der Waals surface area contributed by atoms with Crippen molar-refractivity contribution in [2.45, 2.75) is 13.3 Å². The maximum absolute atomic E-state index is 12.7. The van der Waals surface area contributed by atoms with E-state index in [0.29, 0.717) is 57.6 Å². The number of thiocarbonyl (C=S) groups is 1. The fraction of sp³-hybridized carbons (Fsp3) is 0.292. The fourth-order valence-electron chi connectivity index (χ4n) is 3.12. The highest BCUT2D eigenvalue weighted by molar-refractivity contribution is 8.26. The smallest absolute Gasteiger partial charge is 0.266 e. The van der Waals surface area contributed by atoms with Gasteiger partial charge in [-0.1, -0.05) is 47.7 Å². The maximum Gasteiger partial charge on any atom is 0.266 e. The monoisotopic (exact) mass is 520 g/mol. The van der Waals surface area contributed by atoms with Crippen molar-refractivity contribution in [3.05, 3.63) is 58.0 Å². The van der Waals surface area contributed by atoms with Crippen LogP contribution < -0.4 is 14.8 Å². The summed E-state index contributed by atoms with van der Waals surface area (Å²) in [6, 6.07) is 12.1. The van der Waals surface area contributed by atoms with E-state index in [1.54, 1.807) is 60.6 Å². The second-order valence-electron chi connectivity index (χ2n) is 7.17. The zero-order valence-corrected chi connectivity index (χ0v) is 21.2. The summed E-state index contributed by atoms with van der Waals surface area (Å²) >= 11 is 12.6. The lowest BCUT2D eigenvalue weighted by molar-refractivity contribution is -0.122. The van der Waals surface area contributed by atoms with E-state index in [0.717, 1.165) is 5.56 Å². The SMILES string of the molecule is CCOc1cc(/C=C2\SC(=S)N(CCCOC)C2=O)ccc1OCC(=O)Nc1cccc(Cl)c1. The van der Waals surface area contributed by atoms with E-state index in [9.17, 15) is 9.59 Å². The van der Waals surface area contributed by atoms with Crippen LogP contribution in [0, 0.1) is 0 Å². The van der Waals surface area contributed by atoms with Crippen molar-refractivity contribution in [3.8, 4) is 11.5 Å². The van der Waals surface area contributed by atoms with Crippen LogP contribution in [0.1, 0.15) is 18.9 Å². The molecule has 0 aliphatic carbocycles. The number of carbonyl (C=O) groups is 2. The minimum absolute atomic E-state index is 0.123. The molecule has 0 spiro atoms. The molecule has 1 aliphatic heterocycles. The van der Waals surface area contributed by atoms with Gasteiger partial charge in [0.2, 0.25) is 0 Å². The van der Waals surface area contributed by atoms with Crippen LogP contribution in [0.15, 0.2) is 47.4 Å². The predicted octanol–water partition coefficient (Wildman–Crippen LogP) is 4.99. The van der Waals surface area contributed by atoms with Gasteiger partial charge in [0, 0.05) is 31.0 Å². The fourth-order valence-corrected chi connectivity index (χ4v) is 4.62. The highest BCUT2D eigenvalue weighted by Gasteiger charge is 2.31. The van der Waals surface area contributed by atoms with Gasteiger partial charge in [-0.05, 0) is 55.3 Å². The summed E-state index contributed by atoms with van der Waals surface area (Å²) in [6.07, 6.45) is 2.48. The van der Waals surface area contributed by atoms with Crippen molar-refractivity contribution in [3.63, 3.8) is 0 Å². The molecule has 2 aromatic rings. The van der Waals surface area contributed by atoms with Gasteiger partial charge in [-0.15, -0.1) is 0 Å². The average Bonchev–Trinajstić information content (AvgIpc) is 3.06. The van der Waals surface area contributed by atoms with Crippen LogP contribution in [0.5, 0.6) is 11.5 Å². The second kappa shape index (κ2) is 12.8. The molecule has 0 unspecified atom stereocenters. The molecule has 1 heterocycles. The van der Waals surface area contributed by atoms with E-state index >= 15 is 0 Å². The normalized spacial score (nSPS) is 14.6. The van der Waals surface area contributed by atoms with Crippen LogP contribution in [0.4, 0.5) is 5.69 Å². The van der Waals surface area contributed by atoms with Gasteiger partial charge in [-0.25, -0.2) is 0 Å². The van der Waals surface area contributed by atoms with E-state index in [-0.39, 0.29) is 18.4 Å². The summed E-state index contributed by atoms with van der Waals surface area (Å²) in [6.45, 7) is 3.14. The number of benzene rings is 2. The molecule has 0 saturated carbocycles. The first-order valence-corrected chi connectivity index (χ1v) is 12.2. The molecule has 7 nitrogen and oxygen atoms in total. The van der Waals surface area contributed by atoms with Crippen molar-refractivity contribution in [2.75, 3.05) is 38.8 Å². The Morgan fingerprint density at radius 1 is 1.21 bits per heavy atom. The van der Waals surface area contributed by atoms with Gasteiger partial charge < -0.3 is 19.5 Å². The molecule has 1 fully saturated rings. The Bertz CT molecular complexity index is 1090. The number of hydrogen-bond donors (Lipinski definition) is 1. The number of methoxy groups -OCH3 is 1. The van der Waals surface area contributed by atoms with Crippen LogP contribution in [0.2, 0.25) is 5.02 Å². The Labute approximate surface area is 213 Å². The van der Waals surface area contributed by atoms with E-state index in [1.807, 2.05) is 6.92 Å². The minimum Gasteiger partial charge on any atom is -0.490 e. The summed E-state index contributed by atoms with van der Waals surface area (Å²) in [5.41, 5.74) is 1.34. The van der Waals surface area contributed by atoms with Gasteiger partial charge in [0.1, 0.15) is 4.32 Å². The van der Waals surface area contributed by atoms with Crippen molar-refractivity contribution < 1.29 is 23.8 Å². The first-order valence-electron chi connectivity index (χ1n) is 10.6. The Morgan fingerprint density at radius 3 is 2.76 bits per heavy atom. The number of ether oxygens (including phenoxy) is 3. The Morgan fingerprint density at radius 2 is 2.03 bits per heavy atom. The molecule has 0 radical (unpaired) electrons. The van der Waals surface area contributed by atoms with Crippen LogP contribution >= 0.6 is 35.6 Å². The lowest BCUT2D eigenvalue weighted by Crippen LogP contribution is -2.29. The van der Waals surface area contributed by atoms with Gasteiger partial charge >= 0.3 is 0 Å². The molecule has 0 aromatic heterocycles. The van der Waals surface area contributed by atoms with Gasteiger partial charge in [-0.2, -0.15) is 0 Å². The zero-order chi connectivity index (χ0) is 24.5. The van der Waals surface area contributed by atoms with Crippen molar-refractivity contribution in [2.24, 2.45) is 0 Å². The molecule has 180 valence electrons. The van der Waals surface area contributed by atoms with Gasteiger partial charge in [-0.3, -0.25) is 14.5 Å². The molecule has 34 heavy (non-hydrogen) atoms. The first-order chi connectivity index (χ1) is 16.4. The van der Waals surface area contributed by atoms with Crippen LogP contribution in [0.25, 0.3) is 6.08 Å². The molecule has 2 aromatic carbocycles. The van der Waals surface area contributed by atoms with E-state index in [4.69, 9.17) is 38.0 Å². The second-order valence-corrected chi connectivity index (χ2v) is 9.28. The van der Waals surface area contributed by atoms with Crippen molar-refractivity contribution >= 4 is 63.5 Å². The zero-order valence-electron chi connectivity index (χ0n) is 18.8. The molecular formula is C24H25ClN2O5S2. The number of hydrogen-bond acceptors (Lipinski definition) is 7. The number of amides is 2. The van der Waals surface area contributed by atoms with Crippen molar-refractivity contribution in [1.29, 1.82) is 0 Å². The lowest BCUT2D eigenvalue weighted by Gasteiger charge is -2.14. The molecule has 10 heteroatoms. The average molecular weight is 521 g/mol. The van der Waals surface area contributed by atoms with E-state index in [1.165, 1.54) is 11.8 Å². The first kappa shape index (κ1) is 26.0. The van der Waals surface area contributed by atoms with Crippen LogP contribution in [-0.2, 0) is 14.3 Å². The molecule has 0 bridgehead atoms. The molecule has 0 atom stereocenters. The van der Waals surface area contributed by atoms with E-state index < -0.39 is 0 Å². The Kier molecular flexibility index (Phi) is 9.76. The quantitative estimate of drug-likeness (QED) is 0.254. The molecule has 3 rings (SSSR count). The summed E-state index contributed by atoms with van der Waals surface area (Å²) in [5.74, 6) is 0.447. The third-order valence-corrected chi connectivity index (χ3v) is 6.25. The summed E-state index contributed by atoms with van der Waals surface area (Å²) in [5, 5.41) is 3.26. The topological polar surface area (TPSA) is 77.1 Å². The third kappa shape index (κ3) is 7.20. The molecule has 1 aliphatic rings. The third-order valence-electron chi connectivity index (χ3n) is 4.64. The highest BCUT2D eigenvalue weighted by atomic mass is 35.5. The number of halogens is 1. The largest absolute Gasteiger partial charge is 0.490 e. The van der Waals surface area contributed by atoms with E-state index in [2.05, 4.69) is 5.32 Å². The summed E-state index contributed by atoms with van der Waals surface area (Å²) in [7, 11) is 1.62. The number of nitrogens with one attached hydrogen (secondary N) is 1. The number of carbonyl (C=O) groups excluding carboxylic acids is 2. The molecular weight excluding hydrogens is 496 g/mol. The lowest BCUT2D eigenvalue weighted by atomic mass is 10.2. The van der Waals surface area contributed by atoms with Gasteiger partial charge in [0.05, 0.1) is 11.5 Å². The summed E-state index contributed by atoms with van der Waals surface area (Å²) < 4.78 is 17.0. The Balaban J connectivity index is 1.67. The van der Waals surface area contributed by atoms with Crippen LogP contribution in [-0.4, -0.2) is 54.5 Å². The Hall–Kier alpha value is -2.59. The molecule has 2 amide bonds. The maximum atomic E-state index is 12.7. The number of nitrogens with zero attached hydrogens (tertiary/aromatic N) is 1. The van der Waals surface area contributed by atoms with Gasteiger partial charge in [0.15, 0.2) is 18.1 Å². The van der Waals surface area contributed by atoms with Gasteiger partial charge in [0.25, 0.3) is 11.8 Å². The highest BCUT2D eigenvalue weighted by Crippen LogP contribution is 2.35. The standard InChI is InChI=1S/C24H25ClN2O5S2/c1-3-31-20-12-16(13-21-23(29)27(24(33)34-21)10-5-11-30-2)8-9-19(20)32-15-22(28)26-18-7-4-6-17(25)14-18/h4,6-9,12-14H,3,5,10-11,15H2,1-2H3,(H,26,28)/b21-13-. The minimum atomic E-state index is -0.328. The molecule has 1 saturated heterocycles. The van der Waals surface area contributed by atoms with Crippen LogP contribution in [0.3, 0.4) is 0 Å². The predicted molar refractivity (Wildman–Crippen MR) is 140 cm³/mol. The number of thioether (sulfide) groups is 1. The summed E-state index contributed by atoms with van der Waals surface area (Å²) in [4.78, 5) is 27.1. The number of rotatable bonds is 11. The molecule has 1 N–H and O–H groups in total.